The number of fused-ring (bicyclic) bond motifs is 1. The molecule has 2 rings (SSSR count). The van der Waals surface area contributed by atoms with Crippen LogP contribution in [0.4, 0.5) is 0 Å². The second-order valence-corrected chi connectivity index (χ2v) is 4.53. The zero-order chi connectivity index (χ0) is 9.97. The molecule has 0 unspecified atom stereocenters. The molecule has 0 saturated carbocycles. The summed E-state index contributed by atoms with van der Waals surface area (Å²) in [5.41, 5.74) is 2.01. The molecule has 0 aliphatic rings. The highest BCUT2D eigenvalue weighted by Gasteiger charge is 2.05. The fourth-order valence-corrected chi connectivity index (χ4v) is 2.01. The molecule has 2 heterocycles. The Bertz CT molecular complexity index is 441. The summed E-state index contributed by atoms with van der Waals surface area (Å²) in [5.74, 6) is 1.67. The first-order chi connectivity index (χ1) is 6.81. The van der Waals surface area contributed by atoms with Gasteiger partial charge in [-0.1, -0.05) is 0 Å². The monoisotopic (exact) mass is 321 g/mol. The maximum Gasteiger partial charge on any atom is 0.107 e. The molecule has 0 spiro atoms. The highest BCUT2D eigenvalue weighted by molar-refractivity contribution is 14.1. The number of aromatic amines is 1. The number of hydrogen-bond acceptors (Lipinski definition) is 2. The molecule has 3 nitrogen and oxygen atoms in total. The molecule has 0 fully saturated rings. The molecule has 0 amide bonds. The van der Waals surface area contributed by atoms with Gasteiger partial charge in [-0.3, -0.25) is 4.98 Å². The number of halogens is 2. The Morgan fingerprint density at radius 1 is 1.43 bits per heavy atom. The second kappa shape index (κ2) is 4.44. The SMILES string of the molecule is ClCCCc1nc2c(I)cncc2[nH]1. The third kappa shape index (κ3) is 2.00. The van der Waals surface area contributed by atoms with Crippen LogP contribution in [0, 0.1) is 3.57 Å². The van der Waals surface area contributed by atoms with E-state index in [4.69, 9.17) is 11.6 Å². The van der Waals surface area contributed by atoms with E-state index in [1.54, 1.807) is 6.20 Å². The minimum Gasteiger partial charge on any atom is -0.341 e. The molecule has 0 saturated heterocycles. The van der Waals surface area contributed by atoms with E-state index in [0.717, 1.165) is 33.3 Å². The molecule has 2 aromatic heterocycles. The normalized spacial score (nSPS) is 11.0. The number of rotatable bonds is 3. The number of imidazole rings is 1. The van der Waals surface area contributed by atoms with E-state index in [0.29, 0.717) is 5.88 Å². The van der Waals surface area contributed by atoms with Gasteiger partial charge in [0, 0.05) is 18.5 Å². The van der Waals surface area contributed by atoms with Crippen molar-refractivity contribution in [2.24, 2.45) is 0 Å². The van der Waals surface area contributed by atoms with Gasteiger partial charge in [-0.15, -0.1) is 11.6 Å². The largest absolute Gasteiger partial charge is 0.341 e. The van der Waals surface area contributed by atoms with Gasteiger partial charge in [-0.2, -0.15) is 0 Å². The van der Waals surface area contributed by atoms with Gasteiger partial charge in [-0.05, 0) is 29.0 Å². The van der Waals surface area contributed by atoms with Crippen LogP contribution in [0.5, 0.6) is 0 Å². The first kappa shape index (κ1) is 10.2. The maximum atomic E-state index is 5.63. The molecule has 1 N–H and O–H groups in total. The van der Waals surface area contributed by atoms with Gasteiger partial charge < -0.3 is 4.98 Å². The highest BCUT2D eigenvalue weighted by atomic mass is 127. The second-order valence-electron chi connectivity index (χ2n) is 2.99. The maximum absolute atomic E-state index is 5.63. The van der Waals surface area contributed by atoms with Gasteiger partial charge in [0.1, 0.15) is 11.3 Å². The van der Waals surface area contributed by atoms with E-state index in [9.17, 15) is 0 Å². The summed E-state index contributed by atoms with van der Waals surface area (Å²) in [6.45, 7) is 0. The molecular weight excluding hydrogens is 312 g/mol. The molecule has 0 radical (unpaired) electrons. The lowest BCUT2D eigenvalue weighted by molar-refractivity contribution is 0.866. The first-order valence-corrected chi connectivity index (χ1v) is 5.96. The van der Waals surface area contributed by atoms with Crippen LogP contribution in [0.1, 0.15) is 12.2 Å². The lowest BCUT2D eigenvalue weighted by Gasteiger charge is -1.89. The Kier molecular flexibility index (Phi) is 3.22. The van der Waals surface area contributed by atoms with Crippen molar-refractivity contribution in [1.82, 2.24) is 15.0 Å². The average Bonchev–Trinajstić information content (AvgIpc) is 2.59. The molecule has 0 aliphatic carbocycles. The Morgan fingerprint density at radius 3 is 3.00 bits per heavy atom. The van der Waals surface area contributed by atoms with Gasteiger partial charge >= 0.3 is 0 Å². The van der Waals surface area contributed by atoms with Gasteiger partial charge in [0.05, 0.1) is 15.3 Å². The predicted octanol–water partition coefficient (Wildman–Crippen LogP) is 2.73. The van der Waals surface area contributed by atoms with Crippen LogP contribution in [0.25, 0.3) is 11.0 Å². The number of nitrogens with zero attached hydrogens (tertiary/aromatic N) is 2. The summed E-state index contributed by atoms with van der Waals surface area (Å²) in [6, 6.07) is 0. The topological polar surface area (TPSA) is 41.6 Å². The summed E-state index contributed by atoms with van der Waals surface area (Å²) >= 11 is 7.86. The zero-order valence-corrected chi connectivity index (χ0v) is 10.3. The van der Waals surface area contributed by atoms with E-state index in [1.807, 2.05) is 6.20 Å². The molecule has 74 valence electrons. The van der Waals surface area contributed by atoms with Crippen LogP contribution in [-0.4, -0.2) is 20.8 Å². The minimum atomic E-state index is 0.673. The van der Waals surface area contributed by atoms with Crippen LogP contribution >= 0.6 is 34.2 Å². The summed E-state index contributed by atoms with van der Waals surface area (Å²) in [4.78, 5) is 11.8. The van der Waals surface area contributed by atoms with Crippen molar-refractivity contribution < 1.29 is 0 Å². The molecule has 0 aliphatic heterocycles. The third-order valence-electron chi connectivity index (χ3n) is 1.95. The number of nitrogens with one attached hydrogen (secondary N) is 1. The number of aromatic nitrogens is 3. The van der Waals surface area contributed by atoms with Crippen molar-refractivity contribution in [1.29, 1.82) is 0 Å². The van der Waals surface area contributed by atoms with E-state index in [2.05, 4.69) is 37.5 Å². The molecule has 5 heteroatoms. The molecule has 2 aromatic rings. The smallest absolute Gasteiger partial charge is 0.107 e. The van der Waals surface area contributed by atoms with Crippen molar-refractivity contribution in [2.75, 3.05) is 5.88 Å². The summed E-state index contributed by atoms with van der Waals surface area (Å²) in [5, 5.41) is 0. The van der Waals surface area contributed by atoms with E-state index >= 15 is 0 Å². The average molecular weight is 322 g/mol. The van der Waals surface area contributed by atoms with Crippen LogP contribution in [0.3, 0.4) is 0 Å². The summed E-state index contributed by atoms with van der Waals surface area (Å²) in [6.07, 6.45) is 5.46. The van der Waals surface area contributed by atoms with Crippen molar-refractivity contribution in [3.63, 3.8) is 0 Å². The van der Waals surface area contributed by atoms with Crippen molar-refractivity contribution >= 4 is 45.2 Å². The summed E-state index contributed by atoms with van der Waals surface area (Å²) < 4.78 is 1.08. The minimum absolute atomic E-state index is 0.673. The Balaban J connectivity index is 2.36. The highest BCUT2D eigenvalue weighted by Crippen LogP contribution is 2.17. The lowest BCUT2D eigenvalue weighted by Crippen LogP contribution is -1.88. The standard InChI is InChI=1S/C9H9ClIN3/c10-3-1-2-8-13-7-5-12-4-6(11)9(7)14-8/h4-5H,1-3H2,(H,13,14). The van der Waals surface area contributed by atoms with Crippen LogP contribution < -0.4 is 0 Å². The van der Waals surface area contributed by atoms with Crippen molar-refractivity contribution in [3.8, 4) is 0 Å². The number of alkyl halides is 1. The Morgan fingerprint density at radius 2 is 2.29 bits per heavy atom. The molecule has 0 atom stereocenters. The lowest BCUT2D eigenvalue weighted by atomic mass is 10.3. The zero-order valence-electron chi connectivity index (χ0n) is 7.43. The fourth-order valence-electron chi connectivity index (χ4n) is 1.30. The van der Waals surface area contributed by atoms with Crippen molar-refractivity contribution in [2.45, 2.75) is 12.8 Å². The predicted molar refractivity (Wildman–Crippen MR) is 65.6 cm³/mol. The van der Waals surface area contributed by atoms with Crippen LogP contribution in [0.2, 0.25) is 0 Å². The van der Waals surface area contributed by atoms with Crippen LogP contribution in [0.15, 0.2) is 12.4 Å². The molecule has 0 bridgehead atoms. The number of H-pyrrole nitrogens is 1. The van der Waals surface area contributed by atoms with Gasteiger partial charge in [0.2, 0.25) is 0 Å². The van der Waals surface area contributed by atoms with E-state index < -0.39 is 0 Å². The molecule has 0 aromatic carbocycles. The van der Waals surface area contributed by atoms with E-state index in [1.165, 1.54) is 0 Å². The Labute approximate surface area is 100 Å². The van der Waals surface area contributed by atoms with Crippen molar-refractivity contribution in [3.05, 3.63) is 21.8 Å². The summed E-state index contributed by atoms with van der Waals surface area (Å²) in [7, 11) is 0. The number of hydrogen-bond donors (Lipinski definition) is 1. The Hall–Kier alpha value is -0.360. The molecular formula is C9H9ClIN3. The quantitative estimate of drug-likeness (QED) is 0.697. The van der Waals surface area contributed by atoms with E-state index in [-0.39, 0.29) is 0 Å². The molecule has 14 heavy (non-hydrogen) atoms. The number of pyridine rings is 1. The van der Waals surface area contributed by atoms with Crippen LogP contribution in [-0.2, 0) is 6.42 Å². The first-order valence-electron chi connectivity index (χ1n) is 4.35. The van der Waals surface area contributed by atoms with Gasteiger partial charge in [0.25, 0.3) is 0 Å². The fraction of sp³-hybridized carbons (Fsp3) is 0.333. The van der Waals surface area contributed by atoms with Gasteiger partial charge in [-0.25, -0.2) is 4.98 Å². The third-order valence-corrected chi connectivity index (χ3v) is 3.00. The number of aryl methyl sites for hydroxylation is 1. The van der Waals surface area contributed by atoms with Gasteiger partial charge in [0.15, 0.2) is 0 Å².